The van der Waals surface area contributed by atoms with E-state index in [0.717, 1.165) is 50.0 Å². The van der Waals surface area contributed by atoms with Gasteiger partial charge in [0.25, 0.3) is 5.91 Å². The van der Waals surface area contributed by atoms with Gasteiger partial charge in [0.05, 0.1) is 23.3 Å². The van der Waals surface area contributed by atoms with Gasteiger partial charge in [-0.1, -0.05) is 76.8 Å². The van der Waals surface area contributed by atoms with Crippen LogP contribution in [0.3, 0.4) is 0 Å². The first-order valence-electron chi connectivity index (χ1n) is 20.0. The maximum absolute atomic E-state index is 14.6. The molecule has 6 amide bonds. The highest BCUT2D eigenvalue weighted by atomic mass is 32.2. The Bertz CT molecular complexity index is 1530. The Kier molecular flexibility index (Phi) is 17.4. The number of nitrogens with one attached hydrogen (secondary N) is 5. The van der Waals surface area contributed by atoms with Gasteiger partial charge in [-0.3, -0.25) is 28.8 Å². The number of carbonyl (C=O) groups is 7. The number of amides is 6. The van der Waals surface area contributed by atoms with E-state index in [1.807, 2.05) is 20.8 Å². The molecule has 4 atom stereocenters. The maximum Gasteiger partial charge on any atom is 0.407 e. The van der Waals surface area contributed by atoms with Gasteiger partial charge in [0.15, 0.2) is 0 Å². The molecule has 2 aliphatic heterocycles. The summed E-state index contributed by atoms with van der Waals surface area (Å²) in [5.41, 5.74) is 0.547. The maximum atomic E-state index is 14.6. The molecule has 4 rings (SSSR count). The fraction of sp³-hybridized carbons (Fsp3) is 0.675. The number of Topliss-reactive ketones (excluding diaryl/α,β-unsaturated/α-hetero) is 1. The third kappa shape index (κ3) is 12.9. The van der Waals surface area contributed by atoms with Crippen molar-refractivity contribution in [2.75, 3.05) is 31.2 Å². The summed E-state index contributed by atoms with van der Waals surface area (Å²) in [6.45, 7) is 9.20. The zero-order valence-corrected chi connectivity index (χ0v) is 35.0. The Morgan fingerprint density at radius 2 is 1.55 bits per heavy atom. The van der Waals surface area contributed by atoms with Crippen molar-refractivity contribution < 1.29 is 38.3 Å². The molecule has 4 unspecified atom stereocenters. The van der Waals surface area contributed by atoms with E-state index in [-0.39, 0.29) is 36.8 Å². The molecule has 1 saturated carbocycles. The first kappa shape index (κ1) is 44.9. The summed E-state index contributed by atoms with van der Waals surface area (Å²) in [6.07, 6.45) is 5.75. The zero-order valence-electron chi connectivity index (χ0n) is 33.4. The molecule has 0 aromatic heterocycles. The van der Waals surface area contributed by atoms with Gasteiger partial charge in [-0.05, 0) is 68.4 Å². The highest BCUT2D eigenvalue weighted by Crippen LogP contribution is 2.50. The van der Waals surface area contributed by atoms with Crippen LogP contribution in [-0.2, 0) is 33.5 Å². The highest BCUT2D eigenvalue weighted by molar-refractivity contribution is 8.18. The molecule has 310 valence electrons. The Morgan fingerprint density at radius 3 is 2.18 bits per heavy atom. The van der Waals surface area contributed by atoms with Gasteiger partial charge in [-0.2, -0.15) is 0 Å². The number of carbonyl (C=O) groups excluding carboxylic acids is 7. The van der Waals surface area contributed by atoms with Crippen molar-refractivity contribution in [3.05, 3.63) is 35.9 Å². The van der Waals surface area contributed by atoms with Crippen LogP contribution in [0.15, 0.2) is 30.3 Å². The second-order valence-electron chi connectivity index (χ2n) is 15.6. The fourth-order valence-electron chi connectivity index (χ4n) is 7.33. The summed E-state index contributed by atoms with van der Waals surface area (Å²) in [6, 6.07) is 4.45. The number of nitrogens with zero attached hydrogens (tertiary/aromatic N) is 1. The number of ketones is 1. The number of thioether (sulfide) groups is 2. The van der Waals surface area contributed by atoms with Crippen molar-refractivity contribution >= 4 is 64.9 Å². The van der Waals surface area contributed by atoms with Crippen molar-refractivity contribution in [2.24, 2.45) is 11.8 Å². The predicted molar refractivity (Wildman–Crippen MR) is 218 cm³/mol. The van der Waals surface area contributed by atoms with Crippen LogP contribution in [0.25, 0.3) is 0 Å². The third-order valence-corrected chi connectivity index (χ3v) is 13.4. The second kappa shape index (κ2) is 21.7. The molecule has 1 aromatic carbocycles. The van der Waals surface area contributed by atoms with Crippen molar-refractivity contribution in [2.45, 2.75) is 127 Å². The van der Waals surface area contributed by atoms with E-state index in [1.54, 1.807) is 72.6 Å². The van der Waals surface area contributed by atoms with E-state index in [4.69, 9.17) is 4.74 Å². The molecule has 3 aliphatic rings. The molecule has 1 spiro atoms. The Labute approximate surface area is 339 Å². The number of ether oxygens (including phenoxy) is 1. The minimum Gasteiger partial charge on any atom is -0.449 e. The average Bonchev–Trinajstić information content (AvgIpc) is 3.55. The molecule has 1 aromatic rings. The number of benzene rings is 1. The van der Waals surface area contributed by atoms with Gasteiger partial charge in [-0.25, -0.2) is 4.79 Å². The molecule has 16 heteroatoms. The lowest BCUT2D eigenvalue weighted by atomic mass is 9.83. The lowest BCUT2D eigenvalue weighted by Crippen LogP contribution is -2.58. The molecule has 14 nitrogen and oxygen atoms in total. The Morgan fingerprint density at radius 1 is 0.875 bits per heavy atom. The van der Waals surface area contributed by atoms with E-state index in [0.29, 0.717) is 24.9 Å². The summed E-state index contributed by atoms with van der Waals surface area (Å²) < 4.78 is 4.99. The lowest BCUT2D eigenvalue weighted by molar-refractivity contribution is -0.143. The van der Waals surface area contributed by atoms with Crippen molar-refractivity contribution in [1.82, 2.24) is 31.5 Å². The summed E-state index contributed by atoms with van der Waals surface area (Å²) >= 11 is 3.46. The standard InChI is InChI=1S/C40H60N6O8S2/c1-6-14-29(34(48)37(51)41-22-31(47)44-32(36(50)42-26(4)5)27-15-9-7-10-16-27)43-35(49)30-21-40(55-19-13-20-56-40)24-46(30)38(52)33(28-17-11-8-12-18-28)45-39(53)54-23-25(2)3/h7,9-10,15-16,25-26,28-30,32-33H,6,8,11-14,17-24H2,1-5H3,(H,41,51)(H,42,50)(H,43,49)(H,44,47)(H,45,53). The van der Waals surface area contributed by atoms with Crippen LogP contribution in [0.5, 0.6) is 0 Å². The molecule has 0 bridgehead atoms. The van der Waals surface area contributed by atoms with Crippen molar-refractivity contribution in [1.29, 1.82) is 0 Å². The van der Waals surface area contributed by atoms with Crippen molar-refractivity contribution in [3.63, 3.8) is 0 Å². The first-order chi connectivity index (χ1) is 26.7. The lowest BCUT2D eigenvalue weighted by Gasteiger charge is -2.35. The van der Waals surface area contributed by atoms with Gasteiger partial charge >= 0.3 is 6.09 Å². The summed E-state index contributed by atoms with van der Waals surface area (Å²) in [5, 5.41) is 13.4. The third-order valence-electron chi connectivity index (χ3n) is 10.1. The second-order valence-corrected chi connectivity index (χ2v) is 18.8. The smallest absolute Gasteiger partial charge is 0.407 e. The first-order valence-corrected chi connectivity index (χ1v) is 22.0. The Balaban J connectivity index is 1.47. The minimum atomic E-state index is -1.21. The molecule has 2 saturated heterocycles. The van der Waals surface area contributed by atoms with E-state index < -0.39 is 70.3 Å². The molecule has 1 aliphatic carbocycles. The number of rotatable bonds is 17. The van der Waals surface area contributed by atoms with E-state index in [1.165, 1.54) is 0 Å². The molecule has 2 heterocycles. The normalized spacial score (nSPS) is 19.8. The Hall–Kier alpha value is -3.79. The van der Waals surface area contributed by atoms with E-state index in [9.17, 15) is 33.6 Å². The topological polar surface area (TPSA) is 192 Å². The SMILES string of the molecule is CCCC(NC(=O)C1CC2(CN1C(=O)C(NC(=O)OCC(C)C)C1CCCCC1)SCCCS2)C(=O)C(=O)NCC(=O)NC(C(=O)NC(C)C)c1ccccc1. The quantitative estimate of drug-likeness (QED) is 0.145. The van der Waals surface area contributed by atoms with E-state index >= 15 is 0 Å². The zero-order chi connectivity index (χ0) is 40.8. The van der Waals surface area contributed by atoms with Gasteiger partial charge in [0, 0.05) is 19.0 Å². The highest BCUT2D eigenvalue weighted by Gasteiger charge is 2.52. The number of hydrogen-bond acceptors (Lipinski definition) is 10. The monoisotopic (exact) mass is 816 g/mol. The minimum absolute atomic E-state index is 0.113. The van der Waals surface area contributed by atoms with Crippen molar-refractivity contribution in [3.8, 4) is 0 Å². The van der Waals surface area contributed by atoms with Gasteiger partial charge in [-0.15, -0.1) is 23.5 Å². The van der Waals surface area contributed by atoms with Crippen LogP contribution >= 0.6 is 23.5 Å². The number of hydrogen-bond donors (Lipinski definition) is 5. The molecule has 0 radical (unpaired) electrons. The largest absolute Gasteiger partial charge is 0.449 e. The summed E-state index contributed by atoms with van der Waals surface area (Å²) in [7, 11) is 0. The summed E-state index contributed by atoms with van der Waals surface area (Å²) in [5.74, 6) is -2.22. The van der Waals surface area contributed by atoms with E-state index in [2.05, 4.69) is 26.6 Å². The average molecular weight is 817 g/mol. The summed E-state index contributed by atoms with van der Waals surface area (Å²) in [4.78, 5) is 96.0. The molecular formula is C40H60N6O8S2. The predicted octanol–water partition coefficient (Wildman–Crippen LogP) is 3.84. The van der Waals surface area contributed by atoms with Crippen LogP contribution in [0.2, 0.25) is 0 Å². The van der Waals surface area contributed by atoms with Crippen LogP contribution in [0.4, 0.5) is 4.79 Å². The molecule has 5 N–H and O–H groups in total. The number of alkyl carbamates (subject to hydrolysis) is 1. The van der Waals surface area contributed by atoms with Gasteiger partial charge < -0.3 is 36.2 Å². The van der Waals surface area contributed by atoms with Gasteiger partial charge in [0.1, 0.15) is 18.1 Å². The fourth-order valence-corrected chi connectivity index (χ4v) is 10.7. The van der Waals surface area contributed by atoms with Crippen LogP contribution in [0.1, 0.15) is 104 Å². The molecule has 3 fully saturated rings. The molecular weight excluding hydrogens is 757 g/mol. The number of likely N-dealkylation sites (tertiary alicyclic amines) is 1. The van der Waals surface area contributed by atoms with Crippen LogP contribution in [-0.4, -0.2) is 106 Å². The van der Waals surface area contributed by atoms with Crippen LogP contribution in [0, 0.1) is 11.8 Å². The van der Waals surface area contributed by atoms with Crippen LogP contribution < -0.4 is 26.6 Å². The molecule has 56 heavy (non-hydrogen) atoms. The van der Waals surface area contributed by atoms with Gasteiger partial charge in [0.2, 0.25) is 29.4 Å².